The van der Waals surface area contributed by atoms with Crippen molar-refractivity contribution in [3.63, 3.8) is 0 Å². The molecule has 7 heteroatoms. The van der Waals surface area contributed by atoms with Gasteiger partial charge in [0.15, 0.2) is 9.84 Å². The molecule has 0 bridgehead atoms. The fourth-order valence-corrected chi connectivity index (χ4v) is 4.85. The molecule has 1 aliphatic rings. The van der Waals surface area contributed by atoms with Crippen molar-refractivity contribution in [1.82, 2.24) is 10.2 Å². The van der Waals surface area contributed by atoms with E-state index in [4.69, 9.17) is 4.74 Å². The van der Waals surface area contributed by atoms with Gasteiger partial charge in [0.25, 0.3) is 0 Å². The Balaban J connectivity index is 1.79. The molecule has 6 nitrogen and oxygen atoms in total. The summed E-state index contributed by atoms with van der Waals surface area (Å²) in [6.45, 7) is 6.79. The van der Waals surface area contributed by atoms with Crippen LogP contribution in [0, 0.1) is 20.8 Å². The highest BCUT2D eigenvalue weighted by Crippen LogP contribution is 2.24. The first-order valence-corrected chi connectivity index (χ1v) is 9.93. The van der Waals surface area contributed by atoms with E-state index < -0.39 is 9.84 Å². The molecule has 0 radical (unpaired) electrons. The van der Waals surface area contributed by atoms with Crippen LogP contribution in [0.1, 0.15) is 23.1 Å². The molecule has 1 atom stereocenters. The number of carbonyl (C=O) groups is 1. The lowest BCUT2D eigenvalue weighted by Crippen LogP contribution is -2.45. The van der Waals surface area contributed by atoms with E-state index in [9.17, 15) is 13.2 Å². The maximum Gasteiger partial charge on any atom is 0.317 e. The Morgan fingerprint density at radius 3 is 2.46 bits per heavy atom. The minimum Gasteiger partial charge on any atom is -0.491 e. The average Bonchev–Trinajstić information content (AvgIpc) is 2.84. The Morgan fingerprint density at radius 1 is 1.29 bits per heavy atom. The maximum atomic E-state index is 12.1. The molecule has 24 heavy (non-hydrogen) atoms. The van der Waals surface area contributed by atoms with Crippen LogP contribution >= 0.6 is 0 Å². The second kappa shape index (κ2) is 7.42. The Morgan fingerprint density at radius 2 is 1.92 bits per heavy atom. The van der Waals surface area contributed by atoms with Gasteiger partial charge in [-0.2, -0.15) is 0 Å². The lowest BCUT2D eigenvalue weighted by atomic mass is 10.1. The predicted octanol–water partition coefficient (Wildman–Crippen LogP) is 1.82. The summed E-state index contributed by atoms with van der Waals surface area (Å²) in [6.07, 6.45) is 0.504. The van der Waals surface area contributed by atoms with Crippen molar-refractivity contribution < 1.29 is 17.9 Å². The molecule has 1 N–H and O–H groups in total. The minimum absolute atomic E-state index is 0.0508. The molecule has 0 spiro atoms. The predicted molar refractivity (Wildman–Crippen MR) is 94.4 cm³/mol. The molecule has 1 aromatic carbocycles. The monoisotopic (exact) mass is 354 g/mol. The van der Waals surface area contributed by atoms with Crippen molar-refractivity contribution in [3.8, 4) is 5.75 Å². The summed E-state index contributed by atoms with van der Waals surface area (Å²) in [6, 6.07) is 3.63. The Bertz CT molecular complexity index is 692. The number of sulfone groups is 1. The van der Waals surface area contributed by atoms with Crippen LogP contribution in [0.4, 0.5) is 4.79 Å². The number of hydrogen-bond donors (Lipinski definition) is 1. The molecule has 134 valence electrons. The van der Waals surface area contributed by atoms with E-state index in [2.05, 4.69) is 17.4 Å². The van der Waals surface area contributed by atoms with Gasteiger partial charge in [-0.25, -0.2) is 13.2 Å². The van der Waals surface area contributed by atoms with Crippen molar-refractivity contribution in [2.75, 3.05) is 31.7 Å². The molecular weight excluding hydrogens is 328 g/mol. The van der Waals surface area contributed by atoms with E-state index in [-0.39, 0.29) is 23.6 Å². The van der Waals surface area contributed by atoms with E-state index in [1.54, 1.807) is 7.05 Å². The zero-order valence-corrected chi connectivity index (χ0v) is 15.6. The largest absolute Gasteiger partial charge is 0.491 e. The number of ether oxygens (including phenoxy) is 1. The first kappa shape index (κ1) is 18.6. The third-order valence-electron chi connectivity index (χ3n) is 4.31. The Hall–Kier alpha value is -1.76. The quantitative estimate of drug-likeness (QED) is 0.819. The van der Waals surface area contributed by atoms with Crippen molar-refractivity contribution in [1.29, 1.82) is 0 Å². The van der Waals surface area contributed by atoms with Crippen LogP contribution in [0.5, 0.6) is 5.75 Å². The highest BCUT2D eigenvalue weighted by Gasteiger charge is 2.32. The summed E-state index contributed by atoms with van der Waals surface area (Å²) in [7, 11) is -1.36. The summed E-state index contributed by atoms with van der Waals surface area (Å²) < 4.78 is 28.8. The first-order chi connectivity index (χ1) is 11.2. The zero-order valence-electron chi connectivity index (χ0n) is 14.8. The fourth-order valence-electron chi connectivity index (χ4n) is 3.08. The number of benzene rings is 1. The standard InChI is InChI=1S/C17H26N2O4S/c1-12-9-13(2)16(14(3)10-12)23-7-6-18-17(20)19(4)15-5-8-24(21,22)11-15/h9-10,15H,5-8,11H2,1-4H3,(H,18,20). The number of nitrogens with one attached hydrogen (secondary N) is 1. The molecule has 0 aromatic heterocycles. The minimum atomic E-state index is -2.99. The molecule has 1 aliphatic heterocycles. The topological polar surface area (TPSA) is 75.7 Å². The first-order valence-electron chi connectivity index (χ1n) is 8.11. The molecule has 0 saturated carbocycles. The average molecular weight is 354 g/mol. The van der Waals surface area contributed by atoms with Gasteiger partial charge in [-0.1, -0.05) is 17.7 Å². The molecule has 1 saturated heterocycles. The van der Waals surface area contributed by atoms with Gasteiger partial charge in [-0.3, -0.25) is 0 Å². The second-order valence-electron chi connectivity index (χ2n) is 6.48. The van der Waals surface area contributed by atoms with Crippen molar-refractivity contribution in [3.05, 3.63) is 28.8 Å². The van der Waals surface area contributed by atoms with Crippen molar-refractivity contribution in [2.45, 2.75) is 33.2 Å². The number of carbonyl (C=O) groups excluding carboxylic acids is 1. The lowest BCUT2D eigenvalue weighted by molar-refractivity contribution is 0.192. The molecule has 2 rings (SSSR count). The summed E-state index contributed by atoms with van der Waals surface area (Å²) in [5.41, 5.74) is 3.35. The van der Waals surface area contributed by atoms with E-state index in [0.717, 1.165) is 16.9 Å². The second-order valence-corrected chi connectivity index (χ2v) is 8.70. The van der Waals surface area contributed by atoms with Crippen LogP contribution in [0.15, 0.2) is 12.1 Å². The van der Waals surface area contributed by atoms with Gasteiger partial charge in [0.1, 0.15) is 12.4 Å². The summed E-state index contributed by atoms with van der Waals surface area (Å²) in [4.78, 5) is 13.6. The van der Waals surface area contributed by atoms with Crippen LogP contribution in [0.25, 0.3) is 0 Å². The third-order valence-corrected chi connectivity index (χ3v) is 6.06. The fraction of sp³-hybridized carbons (Fsp3) is 0.588. The van der Waals surface area contributed by atoms with Crippen molar-refractivity contribution >= 4 is 15.9 Å². The van der Waals surface area contributed by atoms with Crippen molar-refractivity contribution in [2.24, 2.45) is 0 Å². The molecule has 2 amide bonds. The highest BCUT2D eigenvalue weighted by atomic mass is 32.2. The van der Waals surface area contributed by atoms with Crippen LogP contribution in [0.3, 0.4) is 0 Å². The molecule has 1 fully saturated rings. The van der Waals surface area contributed by atoms with Gasteiger partial charge in [0.05, 0.1) is 18.1 Å². The number of hydrogen-bond acceptors (Lipinski definition) is 4. The highest BCUT2D eigenvalue weighted by molar-refractivity contribution is 7.91. The molecule has 1 heterocycles. The SMILES string of the molecule is Cc1cc(C)c(OCCNC(=O)N(C)C2CCS(=O)(=O)C2)c(C)c1. The summed E-state index contributed by atoms with van der Waals surface area (Å²) in [5, 5.41) is 2.77. The summed E-state index contributed by atoms with van der Waals surface area (Å²) >= 11 is 0. The van der Waals surface area contributed by atoms with E-state index >= 15 is 0 Å². The third kappa shape index (κ3) is 4.63. The van der Waals surface area contributed by atoms with Gasteiger partial charge in [-0.05, 0) is 38.3 Å². The van der Waals surface area contributed by atoms with Gasteiger partial charge in [0.2, 0.25) is 0 Å². The smallest absolute Gasteiger partial charge is 0.317 e. The molecule has 1 aromatic rings. The number of amides is 2. The van der Waals surface area contributed by atoms with Gasteiger partial charge in [-0.15, -0.1) is 0 Å². The van der Waals surface area contributed by atoms with E-state index in [1.807, 2.05) is 20.8 Å². The number of aryl methyl sites for hydroxylation is 3. The Kier molecular flexibility index (Phi) is 5.74. The van der Waals surface area contributed by atoms with Crippen LogP contribution in [-0.2, 0) is 9.84 Å². The van der Waals surface area contributed by atoms with Gasteiger partial charge >= 0.3 is 6.03 Å². The van der Waals surface area contributed by atoms with E-state index in [1.165, 1.54) is 10.5 Å². The molecule has 0 aliphatic carbocycles. The number of rotatable bonds is 5. The zero-order chi connectivity index (χ0) is 17.9. The molecule has 1 unspecified atom stereocenters. The normalized spacial score (nSPS) is 19.1. The van der Waals surface area contributed by atoms with Gasteiger partial charge < -0.3 is 15.0 Å². The van der Waals surface area contributed by atoms with Crippen LogP contribution in [-0.4, -0.2) is 57.1 Å². The lowest BCUT2D eigenvalue weighted by Gasteiger charge is -2.23. The van der Waals surface area contributed by atoms with Gasteiger partial charge in [0, 0.05) is 13.1 Å². The molecular formula is C17H26N2O4S. The van der Waals surface area contributed by atoms with Crippen LogP contribution < -0.4 is 10.1 Å². The number of nitrogens with zero attached hydrogens (tertiary/aromatic N) is 1. The maximum absolute atomic E-state index is 12.1. The van der Waals surface area contributed by atoms with Crippen LogP contribution in [0.2, 0.25) is 0 Å². The number of urea groups is 1. The summed E-state index contributed by atoms with van der Waals surface area (Å²) in [5.74, 6) is 1.06. The van der Waals surface area contributed by atoms with E-state index in [0.29, 0.717) is 19.6 Å². The Labute approximate surface area is 144 Å².